The van der Waals surface area contributed by atoms with Crippen molar-refractivity contribution < 1.29 is 14.3 Å². The lowest BCUT2D eigenvalue weighted by molar-refractivity contribution is 0.0957. The number of nitrogens with one attached hydrogen (secondary N) is 1. The summed E-state index contributed by atoms with van der Waals surface area (Å²) in [5.74, 6) is 1.47. The number of thiazole rings is 1. The van der Waals surface area contributed by atoms with Crippen LogP contribution in [0, 0.1) is 6.92 Å². The predicted octanol–water partition coefficient (Wildman–Crippen LogP) is 5.22. The zero-order valence-corrected chi connectivity index (χ0v) is 19.1. The normalized spacial score (nSPS) is 10.7. The average Bonchev–Trinajstić information content (AvgIpc) is 3.39. The van der Waals surface area contributed by atoms with Crippen molar-refractivity contribution in [3.8, 4) is 22.9 Å². The smallest absolute Gasteiger partial charge is 0.253 e. The van der Waals surface area contributed by atoms with E-state index < -0.39 is 0 Å². The first-order valence-corrected chi connectivity index (χ1v) is 11.3. The lowest BCUT2D eigenvalue weighted by Crippen LogP contribution is -2.23. The Labute approximate surface area is 187 Å². The SMILES string of the molecule is C=CCNC(=O)c1cc(-c2csc(COc3ccc(OC)cc3)n2)n(CCCC)c1C. The summed E-state index contributed by atoms with van der Waals surface area (Å²) in [5.41, 5.74) is 3.45. The molecule has 31 heavy (non-hydrogen) atoms. The number of hydrogen-bond donors (Lipinski definition) is 1. The third-order valence-electron chi connectivity index (χ3n) is 4.99. The van der Waals surface area contributed by atoms with Gasteiger partial charge in [-0.05, 0) is 43.7 Å². The molecule has 0 aliphatic heterocycles. The quantitative estimate of drug-likeness (QED) is 0.416. The summed E-state index contributed by atoms with van der Waals surface area (Å²) in [6, 6.07) is 9.42. The number of ether oxygens (including phenoxy) is 2. The van der Waals surface area contributed by atoms with Crippen molar-refractivity contribution >= 4 is 17.2 Å². The van der Waals surface area contributed by atoms with Gasteiger partial charge in [-0.15, -0.1) is 17.9 Å². The lowest BCUT2D eigenvalue weighted by atomic mass is 10.2. The van der Waals surface area contributed by atoms with Gasteiger partial charge in [0.25, 0.3) is 5.91 Å². The Balaban J connectivity index is 1.79. The number of amides is 1. The summed E-state index contributed by atoms with van der Waals surface area (Å²) < 4.78 is 13.2. The Hall–Kier alpha value is -3.06. The van der Waals surface area contributed by atoms with Gasteiger partial charge in [-0.1, -0.05) is 19.4 Å². The summed E-state index contributed by atoms with van der Waals surface area (Å²) in [4.78, 5) is 17.4. The van der Waals surface area contributed by atoms with E-state index in [9.17, 15) is 4.79 Å². The van der Waals surface area contributed by atoms with E-state index in [2.05, 4.69) is 23.4 Å². The second kappa shape index (κ2) is 10.8. The van der Waals surface area contributed by atoms with E-state index in [0.29, 0.717) is 18.7 Å². The Morgan fingerprint density at radius 1 is 1.29 bits per heavy atom. The fourth-order valence-corrected chi connectivity index (χ4v) is 3.96. The van der Waals surface area contributed by atoms with Gasteiger partial charge in [0, 0.05) is 24.2 Å². The zero-order chi connectivity index (χ0) is 22.2. The number of carbonyl (C=O) groups excluding carboxylic acids is 1. The molecule has 7 heteroatoms. The molecule has 1 N–H and O–H groups in total. The molecule has 0 saturated heterocycles. The molecule has 0 aliphatic carbocycles. The van der Waals surface area contributed by atoms with E-state index in [-0.39, 0.29) is 5.91 Å². The third-order valence-corrected chi connectivity index (χ3v) is 5.81. The van der Waals surface area contributed by atoms with Crippen LogP contribution in [-0.4, -0.2) is 29.1 Å². The number of methoxy groups -OCH3 is 1. The number of carbonyl (C=O) groups is 1. The standard InChI is InChI=1S/C24H29N3O3S/c1-5-7-13-27-17(3)20(24(28)25-12-6-2)14-22(27)21-16-31-23(26-21)15-30-19-10-8-18(29-4)9-11-19/h6,8-11,14,16H,2,5,7,12-13,15H2,1,3-4H3,(H,25,28). The lowest BCUT2D eigenvalue weighted by Gasteiger charge is -2.10. The molecule has 0 spiro atoms. The van der Waals surface area contributed by atoms with Crippen molar-refractivity contribution in [2.75, 3.05) is 13.7 Å². The minimum Gasteiger partial charge on any atom is -0.497 e. The molecular formula is C24H29N3O3S. The van der Waals surface area contributed by atoms with Crippen molar-refractivity contribution in [1.82, 2.24) is 14.9 Å². The fraction of sp³-hybridized carbons (Fsp3) is 0.333. The van der Waals surface area contributed by atoms with E-state index in [4.69, 9.17) is 14.5 Å². The molecule has 0 saturated carbocycles. The van der Waals surface area contributed by atoms with Gasteiger partial charge in [0.15, 0.2) is 0 Å². The van der Waals surface area contributed by atoms with Crippen LogP contribution in [0.3, 0.4) is 0 Å². The minimum absolute atomic E-state index is 0.0906. The van der Waals surface area contributed by atoms with E-state index in [1.54, 1.807) is 24.5 Å². The van der Waals surface area contributed by atoms with Gasteiger partial charge in [-0.25, -0.2) is 4.98 Å². The molecule has 2 heterocycles. The van der Waals surface area contributed by atoms with Crippen LogP contribution in [0.25, 0.3) is 11.4 Å². The van der Waals surface area contributed by atoms with E-state index in [1.165, 1.54) is 0 Å². The molecule has 0 radical (unpaired) electrons. The van der Waals surface area contributed by atoms with Crippen molar-refractivity contribution in [2.24, 2.45) is 0 Å². The van der Waals surface area contributed by atoms with Crippen LogP contribution >= 0.6 is 11.3 Å². The van der Waals surface area contributed by atoms with Crippen molar-refractivity contribution in [3.05, 3.63) is 64.6 Å². The second-order valence-electron chi connectivity index (χ2n) is 7.12. The summed E-state index contributed by atoms with van der Waals surface area (Å²) in [6.07, 6.45) is 3.79. The number of unbranched alkanes of at least 4 members (excludes halogenated alkanes) is 1. The highest BCUT2D eigenvalue weighted by atomic mass is 32.1. The minimum atomic E-state index is -0.0906. The number of aromatic nitrogens is 2. The Morgan fingerprint density at radius 2 is 2.03 bits per heavy atom. The van der Waals surface area contributed by atoms with Gasteiger partial charge in [0.05, 0.1) is 24.1 Å². The molecule has 0 atom stereocenters. The summed E-state index contributed by atoms with van der Waals surface area (Å²) in [5, 5.41) is 5.77. The third kappa shape index (κ3) is 5.55. The molecule has 3 rings (SSSR count). The van der Waals surface area contributed by atoms with Gasteiger partial charge in [-0.3, -0.25) is 4.79 Å². The highest BCUT2D eigenvalue weighted by molar-refractivity contribution is 7.09. The van der Waals surface area contributed by atoms with Gasteiger partial charge >= 0.3 is 0 Å². The number of benzene rings is 1. The fourth-order valence-electron chi connectivity index (χ4n) is 3.26. The largest absolute Gasteiger partial charge is 0.497 e. The second-order valence-corrected chi connectivity index (χ2v) is 8.07. The highest BCUT2D eigenvalue weighted by Crippen LogP contribution is 2.28. The van der Waals surface area contributed by atoms with Crippen LogP contribution in [0.1, 0.15) is 40.8 Å². The van der Waals surface area contributed by atoms with Crippen LogP contribution in [0.5, 0.6) is 11.5 Å². The first kappa shape index (κ1) is 22.6. The Morgan fingerprint density at radius 3 is 2.71 bits per heavy atom. The average molecular weight is 440 g/mol. The Kier molecular flexibility index (Phi) is 7.89. The first-order chi connectivity index (χ1) is 15.1. The summed E-state index contributed by atoms with van der Waals surface area (Å²) in [6.45, 7) is 9.49. The molecule has 164 valence electrons. The summed E-state index contributed by atoms with van der Waals surface area (Å²) in [7, 11) is 1.64. The van der Waals surface area contributed by atoms with Crippen LogP contribution in [-0.2, 0) is 13.2 Å². The van der Waals surface area contributed by atoms with Crippen molar-refractivity contribution in [1.29, 1.82) is 0 Å². The molecule has 0 aliphatic rings. The monoisotopic (exact) mass is 439 g/mol. The molecule has 2 aromatic heterocycles. The maximum absolute atomic E-state index is 12.6. The van der Waals surface area contributed by atoms with Crippen LogP contribution in [0.15, 0.2) is 48.4 Å². The zero-order valence-electron chi connectivity index (χ0n) is 18.3. The topological polar surface area (TPSA) is 65.4 Å². The molecule has 3 aromatic rings. The van der Waals surface area contributed by atoms with Gasteiger partial charge in [0.1, 0.15) is 23.1 Å². The van der Waals surface area contributed by atoms with E-state index in [0.717, 1.165) is 53.0 Å². The molecule has 6 nitrogen and oxygen atoms in total. The van der Waals surface area contributed by atoms with Crippen LogP contribution in [0.4, 0.5) is 0 Å². The maximum atomic E-state index is 12.6. The van der Waals surface area contributed by atoms with Gasteiger partial charge in [0.2, 0.25) is 0 Å². The van der Waals surface area contributed by atoms with Crippen LogP contribution < -0.4 is 14.8 Å². The molecular weight excluding hydrogens is 410 g/mol. The van der Waals surface area contributed by atoms with Crippen LogP contribution in [0.2, 0.25) is 0 Å². The van der Waals surface area contributed by atoms with Crippen molar-refractivity contribution in [3.63, 3.8) is 0 Å². The van der Waals surface area contributed by atoms with Gasteiger partial charge < -0.3 is 19.4 Å². The highest BCUT2D eigenvalue weighted by Gasteiger charge is 2.19. The molecule has 0 fully saturated rings. The molecule has 0 unspecified atom stereocenters. The van der Waals surface area contributed by atoms with Gasteiger partial charge in [-0.2, -0.15) is 0 Å². The van der Waals surface area contributed by atoms with E-state index >= 15 is 0 Å². The number of hydrogen-bond acceptors (Lipinski definition) is 5. The molecule has 1 amide bonds. The van der Waals surface area contributed by atoms with Crippen molar-refractivity contribution in [2.45, 2.75) is 39.8 Å². The first-order valence-electron chi connectivity index (χ1n) is 10.4. The summed E-state index contributed by atoms with van der Waals surface area (Å²) >= 11 is 1.55. The predicted molar refractivity (Wildman–Crippen MR) is 125 cm³/mol. The Bertz CT molecular complexity index is 1020. The maximum Gasteiger partial charge on any atom is 0.253 e. The van der Waals surface area contributed by atoms with E-state index in [1.807, 2.05) is 42.6 Å². The number of rotatable bonds is 11. The molecule has 0 bridgehead atoms. The molecule has 1 aromatic carbocycles. The number of nitrogens with zero attached hydrogens (tertiary/aromatic N) is 2.